The average Bonchev–Trinajstić information content (AvgIpc) is 2.77. The third-order valence-corrected chi connectivity index (χ3v) is 2.59. The van der Waals surface area contributed by atoms with Crippen LogP contribution in [0.5, 0.6) is 0 Å². The van der Waals surface area contributed by atoms with Gasteiger partial charge in [0.05, 0.1) is 18.2 Å². The van der Waals surface area contributed by atoms with Gasteiger partial charge >= 0.3 is 0 Å². The highest BCUT2D eigenvalue weighted by Gasteiger charge is 2.04. The Labute approximate surface area is 105 Å². The van der Waals surface area contributed by atoms with Crippen molar-refractivity contribution in [2.24, 2.45) is 0 Å². The van der Waals surface area contributed by atoms with E-state index < -0.39 is 0 Å². The minimum atomic E-state index is -0.308. The van der Waals surface area contributed by atoms with Crippen molar-refractivity contribution in [3.8, 4) is 6.07 Å². The van der Waals surface area contributed by atoms with Crippen molar-refractivity contribution in [2.45, 2.75) is 20.0 Å². The van der Waals surface area contributed by atoms with Gasteiger partial charge in [0.25, 0.3) is 0 Å². The smallest absolute Gasteiger partial charge is 0.127 e. The van der Waals surface area contributed by atoms with Gasteiger partial charge in [0, 0.05) is 12.1 Å². The molecule has 2 aromatic rings. The van der Waals surface area contributed by atoms with E-state index in [4.69, 9.17) is 9.68 Å². The first-order chi connectivity index (χ1) is 8.69. The van der Waals surface area contributed by atoms with Crippen molar-refractivity contribution in [1.29, 1.82) is 5.26 Å². The summed E-state index contributed by atoms with van der Waals surface area (Å²) in [6.45, 7) is 2.77. The maximum Gasteiger partial charge on any atom is 0.127 e. The largest absolute Gasteiger partial charge is 0.465 e. The Morgan fingerprint density at radius 2 is 2.11 bits per heavy atom. The fraction of sp³-hybridized carbons (Fsp3) is 0.214. The SMILES string of the molecule is Cc1ccc(CNCc2cc(C#N)ccc2F)o1. The summed E-state index contributed by atoms with van der Waals surface area (Å²) in [5.41, 5.74) is 0.944. The molecule has 1 aromatic carbocycles. The van der Waals surface area contributed by atoms with Crippen LogP contribution in [-0.2, 0) is 13.1 Å². The number of rotatable bonds is 4. The molecule has 0 fully saturated rings. The Morgan fingerprint density at radius 1 is 1.28 bits per heavy atom. The van der Waals surface area contributed by atoms with Gasteiger partial charge in [-0.2, -0.15) is 5.26 Å². The van der Waals surface area contributed by atoms with Crippen LogP contribution in [0, 0.1) is 24.1 Å². The summed E-state index contributed by atoms with van der Waals surface area (Å²) in [7, 11) is 0. The number of nitrogens with zero attached hydrogens (tertiary/aromatic N) is 1. The van der Waals surface area contributed by atoms with Gasteiger partial charge in [-0.15, -0.1) is 0 Å². The zero-order valence-corrected chi connectivity index (χ0v) is 10.0. The van der Waals surface area contributed by atoms with Gasteiger partial charge in [0.15, 0.2) is 0 Å². The van der Waals surface area contributed by atoms with Crippen LogP contribution in [-0.4, -0.2) is 0 Å². The van der Waals surface area contributed by atoms with E-state index in [1.807, 2.05) is 25.1 Å². The summed E-state index contributed by atoms with van der Waals surface area (Å²) < 4.78 is 18.9. The quantitative estimate of drug-likeness (QED) is 0.899. The number of benzene rings is 1. The Kier molecular flexibility index (Phi) is 3.75. The molecular formula is C14H13FN2O. The molecule has 0 bridgehead atoms. The number of aryl methyl sites for hydroxylation is 1. The Bertz CT molecular complexity index is 584. The van der Waals surface area contributed by atoms with Crippen LogP contribution < -0.4 is 5.32 Å². The topological polar surface area (TPSA) is 49.0 Å². The fourth-order valence-electron chi connectivity index (χ4n) is 1.68. The molecule has 0 spiro atoms. The standard InChI is InChI=1S/C14H13FN2O/c1-10-2-4-13(18-10)9-17-8-12-6-11(7-16)3-5-14(12)15/h2-6,17H,8-9H2,1H3. The molecule has 0 aliphatic heterocycles. The average molecular weight is 244 g/mol. The number of hydrogen-bond donors (Lipinski definition) is 1. The van der Waals surface area contributed by atoms with Crippen LogP contribution >= 0.6 is 0 Å². The Morgan fingerprint density at radius 3 is 2.78 bits per heavy atom. The molecule has 3 nitrogen and oxygen atoms in total. The first-order valence-electron chi connectivity index (χ1n) is 5.63. The lowest BCUT2D eigenvalue weighted by Gasteiger charge is -2.05. The summed E-state index contributed by atoms with van der Waals surface area (Å²) in [6, 6.07) is 10.1. The third-order valence-electron chi connectivity index (χ3n) is 2.59. The van der Waals surface area contributed by atoms with E-state index in [1.165, 1.54) is 12.1 Å². The predicted molar refractivity (Wildman–Crippen MR) is 65.1 cm³/mol. The van der Waals surface area contributed by atoms with Crippen molar-refractivity contribution in [2.75, 3.05) is 0 Å². The molecule has 0 aliphatic rings. The maximum absolute atomic E-state index is 13.5. The molecule has 18 heavy (non-hydrogen) atoms. The maximum atomic E-state index is 13.5. The Hall–Kier alpha value is -2.12. The monoisotopic (exact) mass is 244 g/mol. The van der Waals surface area contributed by atoms with Gasteiger partial charge in [0.1, 0.15) is 17.3 Å². The molecule has 0 unspecified atom stereocenters. The number of nitrogens with one attached hydrogen (secondary N) is 1. The van der Waals surface area contributed by atoms with Crippen LogP contribution in [0.4, 0.5) is 4.39 Å². The molecule has 4 heteroatoms. The molecule has 2 rings (SSSR count). The van der Waals surface area contributed by atoms with Gasteiger partial charge in [-0.25, -0.2) is 4.39 Å². The molecule has 0 radical (unpaired) electrons. The normalized spacial score (nSPS) is 10.3. The van der Waals surface area contributed by atoms with Gasteiger partial charge in [-0.3, -0.25) is 0 Å². The lowest BCUT2D eigenvalue weighted by Crippen LogP contribution is -2.13. The summed E-state index contributed by atoms with van der Waals surface area (Å²) in [5.74, 6) is 1.35. The molecule has 0 saturated heterocycles. The van der Waals surface area contributed by atoms with E-state index in [2.05, 4.69) is 5.32 Å². The van der Waals surface area contributed by atoms with Crippen molar-refractivity contribution in [1.82, 2.24) is 5.32 Å². The van der Waals surface area contributed by atoms with E-state index in [9.17, 15) is 4.39 Å². The van der Waals surface area contributed by atoms with Crippen molar-refractivity contribution in [3.05, 3.63) is 58.8 Å². The number of furan rings is 1. The van der Waals surface area contributed by atoms with Gasteiger partial charge < -0.3 is 9.73 Å². The number of hydrogen-bond acceptors (Lipinski definition) is 3. The molecule has 92 valence electrons. The van der Waals surface area contributed by atoms with Gasteiger partial charge in [0.2, 0.25) is 0 Å². The zero-order chi connectivity index (χ0) is 13.0. The minimum absolute atomic E-state index is 0.308. The first-order valence-corrected chi connectivity index (χ1v) is 5.63. The van der Waals surface area contributed by atoms with E-state index in [-0.39, 0.29) is 5.82 Å². The third kappa shape index (κ3) is 2.96. The summed E-state index contributed by atoms with van der Waals surface area (Å²) in [6.07, 6.45) is 0. The zero-order valence-electron chi connectivity index (χ0n) is 10.0. The van der Waals surface area contributed by atoms with Crippen molar-refractivity contribution < 1.29 is 8.81 Å². The van der Waals surface area contributed by atoms with Crippen LogP contribution in [0.3, 0.4) is 0 Å². The summed E-state index contributed by atoms with van der Waals surface area (Å²) in [5, 5.41) is 11.8. The highest BCUT2D eigenvalue weighted by Crippen LogP contribution is 2.11. The number of halogens is 1. The molecular weight excluding hydrogens is 231 g/mol. The summed E-state index contributed by atoms with van der Waals surface area (Å²) >= 11 is 0. The lowest BCUT2D eigenvalue weighted by atomic mass is 10.1. The van der Waals surface area contributed by atoms with Crippen molar-refractivity contribution in [3.63, 3.8) is 0 Å². The Balaban J connectivity index is 1.96. The predicted octanol–water partition coefficient (Wildman–Crippen LogP) is 2.89. The van der Waals surface area contributed by atoms with E-state index in [0.29, 0.717) is 24.2 Å². The minimum Gasteiger partial charge on any atom is -0.465 e. The molecule has 1 heterocycles. The molecule has 0 saturated carbocycles. The van der Waals surface area contributed by atoms with E-state index in [0.717, 1.165) is 11.5 Å². The van der Waals surface area contributed by atoms with E-state index in [1.54, 1.807) is 6.07 Å². The van der Waals surface area contributed by atoms with Crippen LogP contribution in [0.25, 0.3) is 0 Å². The second-order valence-electron chi connectivity index (χ2n) is 4.03. The molecule has 1 aromatic heterocycles. The van der Waals surface area contributed by atoms with Crippen molar-refractivity contribution >= 4 is 0 Å². The van der Waals surface area contributed by atoms with Crippen LogP contribution in [0.2, 0.25) is 0 Å². The van der Waals surface area contributed by atoms with Crippen LogP contribution in [0.15, 0.2) is 34.7 Å². The van der Waals surface area contributed by atoms with Gasteiger partial charge in [-0.05, 0) is 37.3 Å². The molecule has 0 atom stereocenters. The van der Waals surface area contributed by atoms with E-state index >= 15 is 0 Å². The fourth-order valence-corrected chi connectivity index (χ4v) is 1.68. The highest BCUT2D eigenvalue weighted by atomic mass is 19.1. The molecule has 0 aliphatic carbocycles. The molecule has 1 N–H and O–H groups in total. The summed E-state index contributed by atoms with van der Waals surface area (Å²) in [4.78, 5) is 0. The second kappa shape index (κ2) is 5.48. The lowest BCUT2D eigenvalue weighted by molar-refractivity contribution is 0.459. The first kappa shape index (κ1) is 12.3. The second-order valence-corrected chi connectivity index (χ2v) is 4.03. The highest BCUT2D eigenvalue weighted by molar-refractivity contribution is 5.33. The van der Waals surface area contributed by atoms with Gasteiger partial charge in [-0.1, -0.05) is 0 Å². The number of nitriles is 1. The molecule has 0 amide bonds. The van der Waals surface area contributed by atoms with Crippen LogP contribution in [0.1, 0.15) is 22.6 Å².